The predicted molar refractivity (Wildman–Crippen MR) is 63.7 cm³/mol. The summed E-state index contributed by atoms with van der Waals surface area (Å²) in [5.41, 5.74) is 2.65. The zero-order valence-corrected chi connectivity index (χ0v) is 10.6. The number of rotatable bonds is 6. The van der Waals surface area contributed by atoms with Gasteiger partial charge in [0.2, 0.25) is 10.0 Å². The maximum atomic E-state index is 12.2. The van der Waals surface area contributed by atoms with E-state index in [0.29, 0.717) is 12.3 Å². The normalized spacial score (nSPS) is 11.8. The van der Waals surface area contributed by atoms with E-state index in [-0.39, 0.29) is 11.4 Å². The van der Waals surface area contributed by atoms with Crippen LogP contribution in [0.1, 0.15) is 0 Å². The Morgan fingerprint density at radius 2 is 2.29 bits per heavy atom. The van der Waals surface area contributed by atoms with Crippen LogP contribution in [0.15, 0.2) is 23.4 Å². The molecule has 3 N–H and O–H groups in total. The van der Waals surface area contributed by atoms with Crippen LogP contribution in [0.2, 0.25) is 0 Å². The molecule has 0 atom stereocenters. The molecule has 0 spiro atoms. The highest BCUT2D eigenvalue weighted by atomic mass is 32.2. The van der Waals surface area contributed by atoms with Crippen molar-refractivity contribution in [2.24, 2.45) is 5.84 Å². The molecule has 1 rings (SSSR count). The van der Waals surface area contributed by atoms with Crippen LogP contribution in [0, 0.1) is 0 Å². The number of ether oxygens (including phenoxy) is 1. The number of hydrazine groups is 1. The van der Waals surface area contributed by atoms with E-state index >= 15 is 0 Å². The van der Waals surface area contributed by atoms with Gasteiger partial charge < -0.3 is 10.2 Å². The van der Waals surface area contributed by atoms with Gasteiger partial charge in [-0.2, -0.15) is 4.31 Å². The second kappa shape index (κ2) is 5.92. The Kier molecular flexibility index (Phi) is 4.82. The first-order chi connectivity index (χ1) is 8.04. The third-order valence-corrected chi connectivity index (χ3v) is 4.12. The van der Waals surface area contributed by atoms with Crippen molar-refractivity contribution in [3.63, 3.8) is 0 Å². The van der Waals surface area contributed by atoms with Gasteiger partial charge in [-0.15, -0.1) is 0 Å². The minimum absolute atomic E-state index is 0.0427. The molecule has 1 heterocycles. The number of methoxy groups -OCH3 is 1. The molecule has 0 aliphatic heterocycles. The van der Waals surface area contributed by atoms with Gasteiger partial charge >= 0.3 is 0 Å². The van der Waals surface area contributed by atoms with Gasteiger partial charge in [-0.05, 0) is 6.07 Å². The largest absolute Gasteiger partial charge is 0.383 e. The van der Waals surface area contributed by atoms with Crippen LogP contribution in [0.3, 0.4) is 0 Å². The van der Waals surface area contributed by atoms with Crippen molar-refractivity contribution in [1.29, 1.82) is 0 Å². The summed E-state index contributed by atoms with van der Waals surface area (Å²) >= 11 is 0. The molecule has 96 valence electrons. The van der Waals surface area contributed by atoms with Gasteiger partial charge in [0.15, 0.2) is 0 Å². The molecule has 7 nitrogen and oxygen atoms in total. The van der Waals surface area contributed by atoms with E-state index in [1.54, 1.807) is 0 Å². The predicted octanol–water partition coefficient (Wildman–Crippen LogP) is -0.366. The summed E-state index contributed by atoms with van der Waals surface area (Å²) in [5.74, 6) is 5.26. The van der Waals surface area contributed by atoms with Crippen LogP contribution in [0.25, 0.3) is 0 Å². The Labute approximate surface area is 101 Å². The average molecular weight is 260 g/mol. The lowest BCUT2D eigenvalue weighted by atomic mass is 10.4. The summed E-state index contributed by atoms with van der Waals surface area (Å²) in [5, 5.41) is 0. The highest BCUT2D eigenvalue weighted by molar-refractivity contribution is 7.89. The highest BCUT2D eigenvalue weighted by Gasteiger charge is 2.23. The number of nitrogens with zero attached hydrogens (tertiary/aromatic N) is 2. The quantitative estimate of drug-likeness (QED) is 0.535. The minimum atomic E-state index is -3.61. The van der Waals surface area contributed by atoms with Crippen molar-refractivity contribution < 1.29 is 13.2 Å². The van der Waals surface area contributed by atoms with Crippen molar-refractivity contribution in [2.45, 2.75) is 4.90 Å². The number of pyridine rings is 1. The third kappa shape index (κ3) is 3.13. The number of nitrogens with two attached hydrogens (primary N) is 1. The van der Waals surface area contributed by atoms with E-state index in [9.17, 15) is 8.42 Å². The maximum Gasteiger partial charge on any atom is 0.246 e. The van der Waals surface area contributed by atoms with Crippen molar-refractivity contribution in [3.05, 3.63) is 18.5 Å². The van der Waals surface area contributed by atoms with Gasteiger partial charge in [-0.3, -0.25) is 10.8 Å². The van der Waals surface area contributed by atoms with Gasteiger partial charge in [0.25, 0.3) is 0 Å². The topological polar surface area (TPSA) is 97.5 Å². The summed E-state index contributed by atoms with van der Waals surface area (Å²) in [6.07, 6.45) is 2.72. The standard InChI is InChI=1S/C9H16N4O3S/c1-13(5-6-16-2)17(14,15)9-7-11-4-3-8(9)12-10/h3-4,7H,5-6,10H2,1-2H3,(H,11,12). The molecule has 0 amide bonds. The Balaban J connectivity index is 3.04. The van der Waals surface area contributed by atoms with Crippen molar-refractivity contribution >= 4 is 15.7 Å². The van der Waals surface area contributed by atoms with Gasteiger partial charge in [0.1, 0.15) is 4.90 Å². The molecule has 1 aromatic rings. The Morgan fingerprint density at radius 1 is 1.59 bits per heavy atom. The van der Waals surface area contributed by atoms with E-state index in [1.165, 1.54) is 36.9 Å². The molecule has 8 heteroatoms. The first-order valence-corrected chi connectivity index (χ1v) is 6.34. The van der Waals surface area contributed by atoms with Gasteiger partial charge in [0, 0.05) is 33.1 Å². The molecular formula is C9H16N4O3S. The molecule has 1 aromatic heterocycles. The van der Waals surface area contributed by atoms with Gasteiger partial charge in [-0.25, -0.2) is 8.42 Å². The molecule has 0 saturated carbocycles. The molecule has 0 fully saturated rings. The number of aromatic nitrogens is 1. The fraction of sp³-hybridized carbons (Fsp3) is 0.444. The van der Waals surface area contributed by atoms with Crippen LogP contribution in [-0.2, 0) is 14.8 Å². The average Bonchev–Trinajstić information content (AvgIpc) is 2.35. The maximum absolute atomic E-state index is 12.2. The van der Waals surface area contributed by atoms with Crippen molar-refractivity contribution in [2.75, 3.05) is 32.7 Å². The summed E-state index contributed by atoms with van der Waals surface area (Å²) in [6, 6.07) is 1.50. The zero-order chi connectivity index (χ0) is 12.9. The molecule has 0 bridgehead atoms. The Morgan fingerprint density at radius 3 is 2.88 bits per heavy atom. The number of anilines is 1. The summed E-state index contributed by atoms with van der Waals surface area (Å²) in [6.45, 7) is 0.582. The van der Waals surface area contributed by atoms with E-state index in [2.05, 4.69) is 10.4 Å². The number of nitrogen functional groups attached to an aromatic ring is 1. The van der Waals surface area contributed by atoms with Crippen molar-refractivity contribution in [3.8, 4) is 0 Å². The van der Waals surface area contributed by atoms with Crippen LogP contribution in [0.5, 0.6) is 0 Å². The number of hydrogen-bond acceptors (Lipinski definition) is 6. The van der Waals surface area contributed by atoms with E-state index in [0.717, 1.165) is 0 Å². The lowest BCUT2D eigenvalue weighted by Crippen LogP contribution is -2.31. The molecule has 0 aromatic carbocycles. The fourth-order valence-corrected chi connectivity index (χ4v) is 2.46. The Hall–Kier alpha value is -1.22. The minimum Gasteiger partial charge on any atom is -0.383 e. The van der Waals surface area contributed by atoms with Crippen molar-refractivity contribution in [1.82, 2.24) is 9.29 Å². The summed E-state index contributed by atoms with van der Waals surface area (Å²) in [7, 11) is -0.620. The fourth-order valence-electron chi connectivity index (χ4n) is 1.21. The SMILES string of the molecule is COCCN(C)S(=O)(=O)c1cnccc1NN. The smallest absolute Gasteiger partial charge is 0.246 e. The first-order valence-electron chi connectivity index (χ1n) is 4.90. The monoisotopic (exact) mass is 260 g/mol. The first kappa shape index (κ1) is 13.8. The molecule has 0 radical (unpaired) electrons. The Bertz CT molecular complexity index is 463. The van der Waals surface area contributed by atoms with Crippen LogP contribution < -0.4 is 11.3 Å². The molecule has 0 saturated heterocycles. The van der Waals surface area contributed by atoms with Crippen LogP contribution >= 0.6 is 0 Å². The van der Waals surface area contributed by atoms with Gasteiger partial charge in [-0.1, -0.05) is 0 Å². The van der Waals surface area contributed by atoms with Crippen LogP contribution in [-0.4, -0.2) is 45.0 Å². The molecular weight excluding hydrogens is 244 g/mol. The second-order valence-corrected chi connectivity index (χ2v) is 5.35. The highest BCUT2D eigenvalue weighted by Crippen LogP contribution is 2.21. The van der Waals surface area contributed by atoms with E-state index in [4.69, 9.17) is 10.6 Å². The molecule has 0 aliphatic rings. The lowest BCUT2D eigenvalue weighted by Gasteiger charge is -2.18. The zero-order valence-electron chi connectivity index (χ0n) is 9.75. The third-order valence-electron chi connectivity index (χ3n) is 2.24. The number of nitrogens with one attached hydrogen (secondary N) is 1. The number of likely N-dealkylation sites (N-methyl/N-ethyl adjacent to an activating group) is 1. The summed E-state index contributed by atoms with van der Waals surface area (Å²) < 4.78 is 30.3. The second-order valence-electron chi connectivity index (χ2n) is 3.34. The van der Waals surface area contributed by atoms with E-state index in [1.807, 2.05) is 0 Å². The van der Waals surface area contributed by atoms with Gasteiger partial charge in [0.05, 0.1) is 12.3 Å². The number of hydrogen-bond donors (Lipinski definition) is 2. The van der Waals surface area contributed by atoms with Crippen LogP contribution in [0.4, 0.5) is 5.69 Å². The lowest BCUT2D eigenvalue weighted by molar-refractivity contribution is 0.185. The summed E-state index contributed by atoms with van der Waals surface area (Å²) in [4.78, 5) is 3.83. The molecule has 0 unspecified atom stereocenters. The van der Waals surface area contributed by atoms with E-state index < -0.39 is 10.0 Å². The number of sulfonamides is 1. The molecule has 17 heavy (non-hydrogen) atoms. The molecule has 0 aliphatic carbocycles.